The molecule has 1 atom stereocenters. The highest BCUT2D eigenvalue weighted by Gasteiger charge is 2.05. The lowest BCUT2D eigenvalue weighted by Crippen LogP contribution is -2.27. The van der Waals surface area contributed by atoms with Crippen molar-refractivity contribution in [3.63, 3.8) is 0 Å². The Bertz CT molecular complexity index is 539. The van der Waals surface area contributed by atoms with Crippen molar-refractivity contribution in [2.75, 3.05) is 11.9 Å². The molecule has 6 nitrogen and oxygen atoms in total. The highest BCUT2D eigenvalue weighted by molar-refractivity contribution is 6.08. The third kappa shape index (κ3) is 5.48. The third-order valence-corrected chi connectivity index (χ3v) is 2.88. The van der Waals surface area contributed by atoms with Crippen LogP contribution in [0.25, 0.3) is 5.57 Å². The summed E-state index contributed by atoms with van der Waals surface area (Å²) in [5.74, 6) is -0.172. The molecule has 0 aliphatic rings. The molecule has 1 aromatic heterocycles. The molecule has 21 heavy (non-hydrogen) atoms. The second kappa shape index (κ2) is 8.52. The molecule has 0 aliphatic carbocycles. The first kappa shape index (κ1) is 16.4. The number of nitrogens with zero attached hydrogens (tertiary/aromatic N) is 1. The van der Waals surface area contributed by atoms with E-state index in [9.17, 15) is 4.79 Å². The zero-order chi connectivity index (χ0) is 15.7. The summed E-state index contributed by atoms with van der Waals surface area (Å²) in [5.41, 5.74) is 7.70. The van der Waals surface area contributed by atoms with Gasteiger partial charge in [0, 0.05) is 48.5 Å². The molecule has 0 saturated heterocycles. The van der Waals surface area contributed by atoms with Crippen LogP contribution in [0.3, 0.4) is 0 Å². The number of nitrogens with one attached hydrogen (secondary N) is 3. The Morgan fingerprint density at radius 2 is 2.33 bits per heavy atom. The lowest BCUT2D eigenvalue weighted by atomic mass is 10.1. The van der Waals surface area contributed by atoms with Crippen molar-refractivity contribution in [3.8, 4) is 0 Å². The van der Waals surface area contributed by atoms with Crippen LogP contribution in [-0.2, 0) is 4.79 Å². The average molecular weight is 287 g/mol. The summed E-state index contributed by atoms with van der Waals surface area (Å²) in [6, 6.07) is 2.05. The molecule has 1 aromatic rings. The summed E-state index contributed by atoms with van der Waals surface area (Å²) < 4.78 is 0. The fourth-order valence-electron chi connectivity index (χ4n) is 1.75. The van der Waals surface area contributed by atoms with Gasteiger partial charge in [0.1, 0.15) is 0 Å². The standard InChI is InChI=1S/C15H21N5O/c1-3-15(21)19-5-4-11(2)20-14-6-12(9-18-10-14)13(7-16)8-17/h3,6-11,16,20H,1,4-5,17H2,2H3,(H,19,21)/b13-8+,16-7?/t11-/m1/s1. The number of aromatic nitrogens is 1. The van der Waals surface area contributed by atoms with Crippen LogP contribution in [0.5, 0.6) is 0 Å². The van der Waals surface area contributed by atoms with Crippen molar-refractivity contribution in [2.45, 2.75) is 19.4 Å². The maximum absolute atomic E-state index is 11.0. The number of anilines is 1. The number of nitrogens with two attached hydrogens (primary N) is 1. The summed E-state index contributed by atoms with van der Waals surface area (Å²) in [6.07, 6.45) is 7.96. The molecular formula is C15H21N5O. The highest BCUT2D eigenvalue weighted by atomic mass is 16.1. The van der Waals surface area contributed by atoms with Crippen molar-refractivity contribution < 1.29 is 4.79 Å². The Hall–Kier alpha value is -2.63. The molecule has 0 aliphatic heterocycles. The minimum atomic E-state index is -0.172. The number of carbonyl (C=O) groups excluding carboxylic acids is 1. The summed E-state index contributed by atoms with van der Waals surface area (Å²) >= 11 is 0. The van der Waals surface area contributed by atoms with Crippen LogP contribution in [0.4, 0.5) is 5.69 Å². The van der Waals surface area contributed by atoms with Crippen LogP contribution in [0, 0.1) is 5.41 Å². The van der Waals surface area contributed by atoms with Crippen LogP contribution >= 0.6 is 0 Å². The molecule has 0 spiro atoms. The van der Waals surface area contributed by atoms with E-state index in [-0.39, 0.29) is 11.9 Å². The molecule has 0 aromatic carbocycles. The maximum Gasteiger partial charge on any atom is 0.243 e. The van der Waals surface area contributed by atoms with Crippen LogP contribution in [0.15, 0.2) is 37.3 Å². The van der Waals surface area contributed by atoms with E-state index < -0.39 is 0 Å². The molecule has 0 radical (unpaired) electrons. The number of rotatable bonds is 8. The molecule has 0 unspecified atom stereocenters. The Labute approximate surface area is 124 Å². The van der Waals surface area contributed by atoms with Gasteiger partial charge in [-0.05, 0) is 25.5 Å². The van der Waals surface area contributed by atoms with Crippen molar-refractivity contribution in [1.29, 1.82) is 5.41 Å². The van der Waals surface area contributed by atoms with E-state index in [1.165, 1.54) is 18.5 Å². The lowest BCUT2D eigenvalue weighted by molar-refractivity contribution is -0.116. The fraction of sp³-hybridized carbons (Fsp3) is 0.267. The Balaban J connectivity index is 2.58. The van der Waals surface area contributed by atoms with E-state index in [0.29, 0.717) is 12.1 Å². The maximum atomic E-state index is 11.0. The van der Waals surface area contributed by atoms with Gasteiger partial charge in [-0.25, -0.2) is 0 Å². The van der Waals surface area contributed by atoms with Crippen molar-refractivity contribution in [2.24, 2.45) is 5.73 Å². The monoisotopic (exact) mass is 287 g/mol. The molecule has 0 fully saturated rings. The molecule has 1 amide bonds. The van der Waals surface area contributed by atoms with Gasteiger partial charge in [0.25, 0.3) is 0 Å². The zero-order valence-electron chi connectivity index (χ0n) is 12.1. The SMILES string of the molecule is C=CC(=O)NCC[C@@H](C)Nc1cncc(/C(C=N)=C/N)c1. The number of hydrogen-bond donors (Lipinski definition) is 4. The van der Waals surface area contributed by atoms with Gasteiger partial charge in [0.2, 0.25) is 5.91 Å². The van der Waals surface area contributed by atoms with Crippen LogP contribution in [0.2, 0.25) is 0 Å². The van der Waals surface area contributed by atoms with E-state index in [4.69, 9.17) is 11.1 Å². The van der Waals surface area contributed by atoms with Gasteiger partial charge in [0.15, 0.2) is 0 Å². The molecule has 6 heteroatoms. The van der Waals surface area contributed by atoms with E-state index in [1.807, 2.05) is 13.0 Å². The van der Waals surface area contributed by atoms with Gasteiger partial charge in [-0.3, -0.25) is 9.78 Å². The Morgan fingerprint density at radius 1 is 1.57 bits per heavy atom. The van der Waals surface area contributed by atoms with Gasteiger partial charge in [-0.15, -0.1) is 0 Å². The lowest BCUT2D eigenvalue weighted by Gasteiger charge is -2.15. The van der Waals surface area contributed by atoms with E-state index in [1.54, 1.807) is 12.4 Å². The minimum Gasteiger partial charge on any atom is -0.404 e. The molecule has 5 N–H and O–H groups in total. The van der Waals surface area contributed by atoms with E-state index in [0.717, 1.165) is 17.7 Å². The van der Waals surface area contributed by atoms with Gasteiger partial charge < -0.3 is 21.8 Å². The molecular weight excluding hydrogens is 266 g/mol. The Kier molecular flexibility index (Phi) is 6.67. The number of allylic oxidation sites excluding steroid dienone is 1. The van der Waals surface area contributed by atoms with Crippen molar-refractivity contribution >= 4 is 23.4 Å². The first-order valence-corrected chi connectivity index (χ1v) is 6.65. The molecule has 0 saturated carbocycles. The number of pyridine rings is 1. The predicted molar refractivity (Wildman–Crippen MR) is 86.1 cm³/mol. The van der Waals surface area contributed by atoms with E-state index >= 15 is 0 Å². The average Bonchev–Trinajstić information content (AvgIpc) is 2.48. The van der Waals surface area contributed by atoms with Gasteiger partial charge in [0.05, 0.1) is 5.69 Å². The second-order valence-electron chi connectivity index (χ2n) is 4.56. The second-order valence-corrected chi connectivity index (χ2v) is 4.56. The number of hydrogen-bond acceptors (Lipinski definition) is 5. The van der Waals surface area contributed by atoms with Crippen molar-refractivity contribution in [3.05, 3.63) is 42.9 Å². The highest BCUT2D eigenvalue weighted by Crippen LogP contribution is 2.16. The summed E-state index contributed by atoms with van der Waals surface area (Å²) in [5, 5.41) is 13.3. The zero-order valence-corrected chi connectivity index (χ0v) is 12.1. The van der Waals surface area contributed by atoms with Gasteiger partial charge >= 0.3 is 0 Å². The van der Waals surface area contributed by atoms with Crippen LogP contribution in [0.1, 0.15) is 18.9 Å². The summed E-state index contributed by atoms with van der Waals surface area (Å²) in [6.45, 7) is 5.99. The van der Waals surface area contributed by atoms with Crippen LogP contribution in [-0.4, -0.2) is 29.7 Å². The first-order chi connectivity index (χ1) is 10.1. The number of amides is 1. The van der Waals surface area contributed by atoms with Gasteiger partial charge in [-0.1, -0.05) is 6.58 Å². The normalized spacial score (nSPS) is 12.3. The molecule has 1 rings (SSSR count). The first-order valence-electron chi connectivity index (χ1n) is 6.65. The van der Waals surface area contributed by atoms with E-state index in [2.05, 4.69) is 22.2 Å². The third-order valence-electron chi connectivity index (χ3n) is 2.88. The summed E-state index contributed by atoms with van der Waals surface area (Å²) in [4.78, 5) is 15.2. The molecule has 0 bridgehead atoms. The smallest absolute Gasteiger partial charge is 0.243 e. The quantitative estimate of drug-likeness (QED) is 0.430. The number of carbonyl (C=O) groups is 1. The molecule has 1 heterocycles. The largest absolute Gasteiger partial charge is 0.404 e. The predicted octanol–water partition coefficient (Wildman–Crippen LogP) is 1.52. The Morgan fingerprint density at radius 3 is 2.95 bits per heavy atom. The van der Waals surface area contributed by atoms with Gasteiger partial charge in [-0.2, -0.15) is 0 Å². The minimum absolute atomic E-state index is 0.164. The van der Waals surface area contributed by atoms with Crippen LogP contribution < -0.4 is 16.4 Å². The summed E-state index contributed by atoms with van der Waals surface area (Å²) in [7, 11) is 0. The van der Waals surface area contributed by atoms with Crippen molar-refractivity contribution in [1.82, 2.24) is 10.3 Å². The topological polar surface area (TPSA) is 104 Å². The molecule has 112 valence electrons. The fourth-order valence-corrected chi connectivity index (χ4v) is 1.75.